The van der Waals surface area contributed by atoms with Crippen molar-refractivity contribution in [3.8, 4) is 0 Å². The largest absolute Gasteiger partial charge is 0.480 e. The first-order valence-corrected chi connectivity index (χ1v) is 5.20. The van der Waals surface area contributed by atoms with Gasteiger partial charge in [-0.1, -0.05) is 12.2 Å². The maximum atomic E-state index is 12.1. The third-order valence-electron chi connectivity index (χ3n) is 3.18. The minimum absolute atomic E-state index is 0.125. The molecular formula is C12H17NO3. The van der Waals surface area contributed by atoms with Gasteiger partial charge in [0.2, 0.25) is 5.91 Å². The highest BCUT2D eigenvalue weighted by Crippen LogP contribution is 2.42. The van der Waals surface area contributed by atoms with Crippen molar-refractivity contribution in [2.45, 2.75) is 25.3 Å². The van der Waals surface area contributed by atoms with Gasteiger partial charge in [-0.05, 0) is 19.3 Å². The van der Waals surface area contributed by atoms with Crippen LogP contribution in [0.4, 0.5) is 0 Å². The molecule has 1 rings (SSSR count). The van der Waals surface area contributed by atoms with E-state index in [0.29, 0.717) is 19.3 Å². The summed E-state index contributed by atoms with van der Waals surface area (Å²) >= 11 is 0. The molecule has 1 fully saturated rings. The molecule has 0 aromatic heterocycles. The van der Waals surface area contributed by atoms with Crippen LogP contribution in [-0.2, 0) is 9.59 Å². The summed E-state index contributed by atoms with van der Waals surface area (Å²) in [6.45, 7) is 7.26. The van der Waals surface area contributed by atoms with Crippen molar-refractivity contribution in [1.82, 2.24) is 4.90 Å². The quantitative estimate of drug-likeness (QED) is 0.717. The molecular weight excluding hydrogens is 206 g/mol. The van der Waals surface area contributed by atoms with E-state index in [1.54, 1.807) is 12.2 Å². The van der Waals surface area contributed by atoms with Gasteiger partial charge in [0, 0.05) is 7.05 Å². The highest BCUT2D eigenvalue weighted by atomic mass is 16.4. The first-order chi connectivity index (χ1) is 7.48. The second-order valence-corrected chi connectivity index (χ2v) is 4.24. The number of hydrogen-bond acceptors (Lipinski definition) is 2. The van der Waals surface area contributed by atoms with Crippen LogP contribution in [0.25, 0.3) is 0 Å². The van der Waals surface area contributed by atoms with Crippen molar-refractivity contribution in [1.29, 1.82) is 0 Å². The summed E-state index contributed by atoms with van der Waals surface area (Å²) < 4.78 is 0. The van der Waals surface area contributed by atoms with Gasteiger partial charge < -0.3 is 10.0 Å². The third-order valence-corrected chi connectivity index (χ3v) is 3.18. The molecule has 1 atom stereocenters. The van der Waals surface area contributed by atoms with Gasteiger partial charge in [-0.2, -0.15) is 0 Å². The molecule has 4 nitrogen and oxygen atoms in total. The number of aliphatic carboxylic acids is 1. The van der Waals surface area contributed by atoms with Crippen LogP contribution in [0.15, 0.2) is 25.3 Å². The fourth-order valence-electron chi connectivity index (χ4n) is 2.34. The average molecular weight is 223 g/mol. The third kappa shape index (κ3) is 1.87. The molecule has 1 aliphatic rings. The summed E-state index contributed by atoms with van der Waals surface area (Å²) in [7, 11) is 1.54. The Kier molecular flexibility index (Phi) is 3.52. The molecule has 16 heavy (non-hydrogen) atoms. The number of carboxylic acid groups (broad SMARTS) is 1. The summed E-state index contributed by atoms with van der Waals surface area (Å²) in [6.07, 6.45) is 4.65. The van der Waals surface area contributed by atoms with Gasteiger partial charge in [0.1, 0.15) is 6.04 Å². The van der Waals surface area contributed by atoms with Gasteiger partial charge in [0.25, 0.3) is 0 Å². The zero-order valence-electron chi connectivity index (χ0n) is 9.48. The number of amides is 1. The lowest BCUT2D eigenvalue weighted by atomic mass is 9.78. The summed E-state index contributed by atoms with van der Waals surface area (Å²) in [5.74, 6) is -1.08. The fraction of sp³-hybridized carbons (Fsp3) is 0.500. The van der Waals surface area contributed by atoms with Gasteiger partial charge in [-0.3, -0.25) is 4.79 Å². The molecule has 0 aliphatic carbocycles. The number of carbonyl (C=O) groups excluding carboxylic acids is 1. The smallest absolute Gasteiger partial charge is 0.326 e. The molecule has 0 saturated carbocycles. The van der Waals surface area contributed by atoms with Gasteiger partial charge in [0.15, 0.2) is 0 Å². The molecule has 0 aromatic rings. The summed E-state index contributed by atoms with van der Waals surface area (Å²) in [5.41, 5.74) is -0.651. The number of carbonyl (C=O) groups is 2. The van der Waals surface area contributed by atoms with E-state index in [1.165, 1.54) is 11.9 Å². The van der Waals surface area contributed by atoms with Crippen molar-refractivity contribution in [3.05, 3.63) is 25.3 Å². The van der Waals surface area contributed by atoms with E-state index in [0.717, 1.165) is 0 Å². The van der Waals surface area contributed by atoms with Gasteiger partial charge >= 0.3 is 5.97 Å². The van der Waals surface area contributed by atoms with Crippen molar-refractivity contribution in [2.24, 2.45) is 5.41 Å². The normalized spacial score (nSPS) is 23.2. The Morgan fingerprint density at radius 3 is 2.38 bits per heavy atom. The highest BCUT2D eigenvalue weighted by molar-refractivity contribution is 5.91. The van der Waals surface area contributed by atoms with E-state index < -0.39 is 17.4 Å². The summed E-state index contributed by atoms with van der Waals surface area (Å²) in [4.78, 5) is 24.4. The van der Waals surface area contributed by atoms with Crippen LogP contribution >= 0.6 is 0 Å². The lowest BCUT2D eigenvalue weighted by Crippen LogP contribution is -2.36. The molecule has 1 aliphatic heterocycles. The molecule has 1 saturated heterocycles. The Hall–Kier alpha value is -1.58. The average Bonchev–Trinajstić information content (AvgIpc) is 2.45. The number of carboxylic acids is 1. The SMILES string of the molecule is C=CCC1(CC=C)CC(C(=O)O)N(C)C1=O. The van der Waals surface area contributed by atoms with Crippen LogP contribution in [-0.4, -0.2) is 35.0 Å². The molecule has 1 N–H and O–H groups in total. The molecule has 1 heterocycles. The van der Waals surface area contributed by atoms with Crippen LogP contribution in [0.2, 0.25) is 0 Å². The van der Waals surface area contributed by atoms with Crippen LogP contribution < -0.4 is 0 Å². The van der Waals surface area contributed by atoms with Crippen molar-refractivity contribution in [2.75, 3.05) is 7.05 Å². The molecule has 1 amide bonds. The lowest BCUT2D eigenvalue weighted by Gasteiger charge is -2.23. The Bertz CT molecular complexity index is 325. The fourth-order valence-corrected chi connectivity index (χ4v) is 2.34. The van der Waals surface area contributed by atoms with Crippen molar-refractivity contribution >= 4 is 11.9 Å². The van der Waals surface area contributed by atoms with Crippen LogP contribution in [0.5, 0.6) is 0 Å². The second-order valence-electron chi connectivity index (χ2n) is 4.24. The predicted molar refractivity (Wildman–Crippen MR) is 60.9 cm³/mol. The second kappa shape index (κ2) is 4.51. The van der Waals surface area contributed by atoms with Gasteiger partial charge in [0.05, 0.1) is 5.41 Å². The first-order valence-electron chi connectivity index (χ1n) is 5.20. The van der Waals surface area contributed by atoms with Crippen molar-refractivity contribution in [3.63, 3.8) is 0 Å². The van der Waals surface area contributed by atoms with Crippen LogP contribution in [0.3, 0.4) is 0 Å². The molecule has 0 aromatic carbocycles. The Morgan fingerprint density at radius 2 is 2.06 bits per heavy atom. The minimum Gasteiger partial charge on any atom is -0.480 e. The van der Waals surface area contributed by atoms with E-state index in [4.69, 9.17) is 5.11 Å². The lowest BCUT2D eigenvalue weighted by molar-refractivity contribution is -0.146. The molecule has 0 bridgehead atoms. The number of likely N-dealkylation sites (tertiary alicyclic amines) is 1. The number of allylic oxidation sites excluding steroid dienone is 2. The Labute approximate surface area is 95.2 Å². The zero-order valence-corrected chi connectivity index (χ0v) is 9.48. The highest BCUT2D eigenvalue weighted by Gasteiger charge is 2.50. The zero-order chi connectivity index (χ0) is 12.3. The molecule has 4 heteroatoms. The van der Waals surface area contributed by atoms with E-state index >= 15 is 0 Å². The number of rotatable bonds is 5. The summed E-state index contributed by atoms with van der Waals surface area (Å²) in [5, 5.41) is 9.02. The van der Waals surface area contributed by atoms with Crippen LogP contribution in [0, 0.1) is 5.41 Å². The molecule has 1 unspecified atom stereocenters. The van der Waals surface area contributed by atoms with E-state index in [9.17, 15) is 9.59 Å². The maximum absolute atomic E-state index is 12.1. The monoisotopic (exact) mass is 223 g/mol. The standard InChI is InChI=1S/C12H17NO3/c1-4-6-12(7-5-2)8-9(10(14)15)13(3)11(12)16/h4-5,9H,1-2,6-8H2,3H3,(H,14,15). The maximum Gasteiger partial charge on any atom is 0.326 e. The number of hydrogen-bond donors (Lipinski definition) is 1. The van der Waals surface area contributed by atoms with Gasteiger partial charge in [-0.25, -0.2) is 4.79 Å². The first kappa shape index (κ1) is 12.5. The topological polar surface area (TPSA) is 57.6 Å². The molecule has 0 radical (unpaired) electrons. The van der Waals surface area contributed by atoms with Gasteiger partial charge in [-0.15, -0.1) is 13.2 Å². The molecule has 88 valence electrons. The van der Waals surface area contributed by atoms with E-state index in [-0.39, 0.29) is 5.91 Å². The minimum atomic E-state index is -0.953. The van der Waals surface area contributed by atoms with Crippen LogP contribution in [0.1, 0.15) is 19.3 Å². The Balaban J connectivity index is 3.03. The van der Waals surface area contributed by atoms with E-state index in [2.05, 4.69) is 13.2 Å². The van der Waals surface area contributed by atoms with Crippen molar-refractivity contribution < 1.29 is 14.7 Å². The predicted octanol–water partition coefficient (Wildman–Crippen LogP) is 1.44. The summed E-state index contributed by atoms with van der Waals surface area (Å²) in [6, 6.07) is -0.729. The number of nitrogens with zero attached hydrogens (tertiary/aromatic N) is 1. The Morgan fingerprint density at radius 1 is 1.56 bits per heavy atom. The number of likely N-dealkylation sites (N-methyl/N-ethyl adjacent to an activating group) is 1. The molecule has 0 spiro atoms. The van der Waals surface area contributed by atoms with E-state index in [1.807, 2.05) is 0 Å².